The van der Waals surface area contributed by atoms with Crippen LogP contribution < -0.4 is 4.74 Å². The van der Waals surface area contributed by atoms with Gasteiger partial charge in [-0.2, -0.15) is 0 Å². The SMILES string of the molecule is COc1ccc(C(=O)[C@H](C)OC(=O)c2sc(-c3ccccc3)nc2C)cc1. The number of thiazole rings is 1. The molecule has 0 radical (unpaired) electrons. The molecule has 0 amide bonds. The van der Waals surface area contributed by atoms with Crippen molar-refractivity contribution in [1.29, 1.82) is 0 Å². The maximum atomic E-state index is 12.5. The Labute approximate surface area is 161 Å². The summed E-state index contributed by atoms with van der Waals surface area (Å²) >= 11 is 1.26. The van der Waals surface area contributed by atoms with Gasteiger partial charge in [0, 0.05) is 11.1 Å². The number of hydrogen-bond acceptors (Lipinski definition) is 6. The van der Waals surface area contributed by atoms with E-state index in [0.717, 1.165) is 10.6 Å². The number of benzene rings is 2. The number of carbonyl (C=O) groups excluding carboxylic acids is 2. The van der Waals surface area contributed by atoms with Gasteiger partial charge in [0.1, 0.15) is 15.6 Å². The third kappa shape index (κ3) is 4.23. The van der Waals surface area contributed by atoms with E-state index < -0.39 is 12.1 Å². The van der Waals surface area contributed by atoms with E-state index in [1.54, 1.807) is 45.2 Å². The van der Waals surface area contributed by atoms with Crippen LogP contribution in [-0.2, 0) is 4.74 Å². The molecule has 0 N–H and O–H groups in total. The first-order valence-electron chi connectivity index (χ1n) is 8.41. The maximum Gasteiger partial charge on any atom is 0.350 e. The lowest BCUT2D eigenvalue weighted by molar-refractivity contribution is 0.0322. The van der Waals surface area contributed by atoms with Crippen LogP contribution in [0.1, 0.15) is 32.6 Å². The average Bonchev–Trinajstić information content (AvgIpc) is 3.10. The second-order valence-electron chi connectivity index (χ2n) is 5.94. The van der Waals surface area contributed by atoms with Crippen LogP contribution in [0.3, 0.4) is 0 Å². The molecule has 0 spiro atoms. The molecule has 0 saturated carbocycles. The topological polar surface area (TPSA) is 65.5 Å². The molecule has 3 aromatic rings. The van der Waals surface area contributed by atoms with E-state index in [0.29, 0.717) is 21.9 Å². The Morgan fingerprint density at radius 2 is 1.70 bits per heavy atom. The highest BCUT2D eigenvalue weighted by Gasteiger charge is 2.24. The van der Waals surface area contributed by atoms with Crippen molar-refractivity contribution in [3.05, 3.63) is 70.7 Å². The van der Waals surface area contributed by atoms with Crippen LogP contribution in [0.15, 0.2) is 54.6 Å². The first kappa shape index (κ1) is 18.8. The standard InChI is InChI=1S/C21H19NO4S/c1-13-19(27-20(22-13)16-7-5-4-6-8-16)21(24)26-14(2)18(23)15-9-11-17(25-3)12-10-15/h4-12,14H,1-3H3/t14-/m0/s1. The number of ketones is 1. The number of aromatic nitrogens is 1. The molecule has 1 aromatic heterocycles. The zero-order valence-corrected chi connectivity index (χ0v) is 16.1. The van der Waals surface area contributed by atoms with Gasteiger partial charge < -0.3 is 9.47 Å². The average molecular weight is 381 g/mol. The van der Waals surface area contributed by atoms with E-state index >= 15 is 0 Å². The van der Waals surface area contributed by atoms with E-state index in [4.69, 9.17) is 9.47 Å². The van der Waals surface area contributed by atoms with E-state index in [1.807, 2.05) is 30.3 Å². The van der Waals surface area contributed by atoms with Crippen LogP contribution in [0, 0.1) is 6.92 Å². The molecule has 6 heteroatoms. The molecule has 0 bridgehead atoms. The predicted octanol–water partition coefficient (Wildman–Crippen LogP) is 4.56. The molecular formula is C21H19NO4S. The number of aryl methyl sites for hydroxylation is 1. The van der Waals surface area contributed by atoms with Crippen molar-refractivity contribution in [2.24, 2.45) is 0 Å². The summed E-state index contributed by atoms with van der Waals surface area (Å²) in [6.07, 6.45) is -0.896. The number of nitrogens with zero attached hydrogens (tertiary/aromatic N) is 1. The third-order valence-corrected chi connectivity index (χ3v) is 5.22. The van der Waals surface area contributed by atoms with Gasteiger partial charge in [-0.25, -0.2) is 9.78 Å². The summed E-state index contributed by atoms with van der Waals surface area (Å²) in [5.74, 6) is -0.150. The van der Waals surface area contributed by atoms with Crippen molar-refractivity contribution in [3.63, 3.8) is 0 Å². The lowest BCUT2D eigenvalue weighted by Crippen LogP contribution is -2.24. The summed E-state index contributed by atoms with van der Waals surface area (Å²) in [6.45, 7) is 3.33. The summed E-state index contributed by atoms with van der Waals surface area (Å²) < 4.78 is 10.5. The minimum Gasteiger partial charge on any atom is -0.497 e. The molecular weight excluding hydrogens is 362 g/mol. The molecule has 3 rings (SSSR count). The molecule has 138 valence electrons. The lowest BCUT2D eigenvalue weighted by atomic mass is 10.1. The third-order valence-electron chi connectivity index (χ3n) is 4.03. The Kier molecular flexibility index (Phi) is 5.66. The van der Waals surface area contributed by atoms with Crippen LogP contribution in [0.4, 0.5) is 0 Å². The normalized spacial score (nSPS) is 11.7. The Morgan fingerprint density at radius 1 is 1.04 bits per heavy atom. The van der Waals surface area contributed by atoms with Gasteiger partial charge in [-0.05, 0) is 38.1 Å². The number of carbonyl (C=O) groups is 2. The molecule has 0 saturated heterocycles. The zero-order valence-electron chi connectivity index (χ0n) is 15.3. The van der Waals surface area contributed by atoms with Gasteiger partial charge in [0.05, 0.1) is 12.8 Å². The second kappa shape index (κ2) is 8.14. The fourth-order valence-electron chi connectivity index (χ4n) is 2.55. The van der Waals surface area contributed by atoms with E-state index in [9.17, 15) is 9.59 Å². The number of rotatable bonds is 6. The zero-order chi connectivity index (χ0) is 19.4. The van der Waals surface area contributed by atoms with Crippen molar-refractivity contribution in [2.75, 3.05) is 7.11 Å². The van der Waals surface area contributed by atoms with E-state index in [2.05, 4.69) is 4.98 Å². The Morgan fingerprint density at radius 3 is 2.33 bits per heavy atom. The highest BCUT2D eigenvalue weighted by atomic mass is 32.1. The Bertz CT molecular complexity index is 948. The number of methoxy groups -OCH3 is 1. The quantitative estimate of drug-likeness (QED) is 0.463. The number of hydrogen-bond donors (Lipinski definition) is 0. The van der Waals surface area contributed by atoms with Crippen molar-refractivity contribution in [3.8, 4) is 16.3 Å². The lowest BCUT2D eigenvalue weighted by Gasteiger charge is -2.12. The number of Topliss-reactive ketones (excluding diaryl/α,β-unsaturated/α-hetero) is 1. The smallest absolute Gasteiger partial charge is 0.350 e. The predicted molar refractivity (Wildman–Crippen MR) is 104 cm³/mol. The summed E-state index contributed by atoms with van der Waals surface area (Å²) in [5.41, 5.74) is 1.99. The molecule has 1 heterocycles. The molecule has 0 aliphatic heterocycles. The first-order valence-corrected chi connectivity index (χ1v) is 9.23. The monoisotopic (exact) mass is 381 g/mol. The van der Waals surface area contributed by atoms with Crippen LogP contribution in [0.2, 0.25) is 0 Å². The van der Waals surface area contributed by atoms with E-state index in [-0.39, 0.29) is 5.78 Å². The van der Waals surface area contributed by atoms with Gasteiger partial charge in [0.2, 0.25) is 5.78 Å². The van der Waals surface area contributed by atoms with Gasteiger partial charge in [0.25, 0.3) is 0 Å². The van der Waals surface area contributed by atoms with Gasteiger partial charge >= 0.3 is 5.97 Å². The number of esters is 1. The van der Waals surface area contributed by atoms with Gasteiger partial charge in [-0.3, -0.25) is 4.79 Å². The molecule has 2 aromatic carbocycles. The largest absolute Gasteiger partial charge is 0.497 e. The Balaban J connectivity index is 1.72. The van der Waals surface area contributed by atoms with Gasteiger partial charge in [-0.1, -0.05) is 30.3 Å². The van der Waals surface area contributed by atoms with Gasteiger partial charge in [-0.15, -0.1) is 11.3 Å². The summed E-state index contributed by atoms with van der Waals surface area (Å²) in [5, 5.41) is 0.745. The van der Waals surface area contributed by atoms with Crippen LogP contribution in [0.25, 0.3) is 10.6 Å². The Hall–Kier alpha value is -2.99. The fourth-order valence-corrected chi connectivity index (χ4v) is 3.50. The van der Waals surface area contributed by atoms with Crippen molar-refractivity contribution >= 4 is 23.1 Å². The highest BCUT2D eigenvalue weighted by Crippen LogP contribution is 2.28. The summed E-state index contributed by atoms with van der Waals surface area (Å²) in [4.78, 5) is 29.9. The number of ether oxygens (including phenoxy) is 2. The van der Waals surface area contributed by atoms with Crippen LogP contribution in [0.5, 0.6) is 5.75 Å². The van der Waals surface area contributed by atoms with Crippen molar-refractivity contribution in [1.82, 2.24) is 4.98 Å². The minimum atomic E-state index is -0.896. The first-order chi connectivity index (χ1) is 13.0. The molecule has 27 heavy (non-hydrogen) atoms. The van der Waals surface area contributed by atoms with Crippen LogP contribution in [-0.4, -0.2) is 30.0 Å². The van der Waals surface area contributed by atoms with E-state index in [1.165, 1.54) is 11.3 Å². The fraction of sp³-hybridized carbons (Fsp3) is 0.190. The maximum absolute atomic E-state index is 12.5. The highest BCUT2D eigenvalue weighted by molar-refractivity contribution is 7.17. The molecule has 5 nitrogen and oxygen atoms in total. The molecule has 0 fully saturated rings. The van der Waals surface area contributed by atoms with Crippen molar-refractivity contribution < 1.29 is 19.1 Å². The summed E-state index contributed by atoms with van der Waals surface area (Å²) in [7, 11) is 1.56. The van der Waals surface area contributed by atoms with Crippen molar-refractivity contribution in [2.45, 2.75) is 20.0 Å². The molecule has 1 atom stereocenters. The van der Waals surface area contributed by atoms with Crippen LogP contribution >= 0.6 is 11.3 Å². The molecule has 0 unspecified atom stereocenters. The summed E-state index contributed by atoms with van der Waals surface area (Å²) in [6, 6.07) is 16.3. The molecule has 0 aliphatic carbocycles. The van der Waals surface area contributed by atoms with Gasteiger partial charge in [0.15, 0.2) is 6.10 Å². The molecule has 0 aliphatic rings. The second-order valence-corrected chi connectivity index (χ2v) is 6.94. The minimum absolute atomic E-state index is 0.267.